The molecule has 24 heavy (non-hydrogen) atoms. The first-order chi connectivity index (χ1) is 11.8. The summed E-state index contributed by atoms with van der Waals surface area (Å²) in [4.78, 5) is 19.8. The molecule has 4 rings (SSSR count). The van der Waals surface area contributed by atoms with Crippen LogP contribution in [-0.4, -0.2) is 60.5 Å². The molecule has 3 aliphatic rings. The predicted molar refractivity (Wildman–Crippen MR) is 97.2 cm³/mol. The highest BCUT2D eigenvalue weighted by molar-refractivity contribution is 5.79. The molecule has 0 bridgehead atoms. The van der Waals surface area contributed by atoms with E-state index >= 15 is 0 Å². The van der Waals surface area contributed by atoms with Crippen LogP contribution in [0, 0.1) is 0 Å². The first kappa shape index (κ1) is 15.9. The molecule has 130 valence electrons. The van der Waals surface area contributed by atoms with Crippen molar-refractivity contribution in [3.05, 3.63) is 30.3 Å². The molecule has 3 fully saturated rings. The minimum atomic E-state index is 0.367. The van der Waals surface area contributed by atoms with Crippen LogP contribution in [0.2, 0.25) is 0 Å². The Bertz CT molecular complexity index is 555. The first-order valence-electron chi connectivity index (χ1n) is 9.65. The SMILES string of the molecule is O=C1CN(C2CCN(c3ccccc3)C2)CCN1C1CCCCC1. The third kappa shape index (κ3) is 3.30. The second-order valence-electron chi connectivity index (χ2n) is 7.57. The van der Waals surface area contributed by atoms with E-state index in [0.717, 1.165) is 26.2 Å². The number of amides is 1. The topological polar surface area (TPSA) is 26.8 Å². The molecule has 2 saturated heterocycles. The zero-order valence-corrected chi connectivity index (χ0v) is 14.6. The zero-order chi connectivity index (χ0) is 16.4. The molecule has 1 aliphatic carbocycles. The summed E-state index contributed by atoms with van der Waals surface area (Å²) in [5.41, 5.74) is 1.31. The Morgan fingerprint density at radius 1 is 0.833 bits per heavy atom. The Morgan fingerprint density at radius 2 is 1.62 bits per heavy atom. The zero-order valence-electron chi connectivity index (χ0n) is 14.6. The molecule has 1 saturated carbocycles. The average Bonchev–Trinajstić information content (AvgIpc) is 3.13. The van der Waals surface area contributed by atoms with Gasteiger partial charge in [0.05, 0.1) is 6.54 Å². The summed E-state index contributed by atoms with van der Waals surface area (Å²) in [5.74, 6) is 0.367. The van der Waals surface area contributed by atoms with E-state index in [1.54, 1.807) is 0 Å². The monoisotopic (exact) mass is 327 g/mol. The minimum absolute atomic E-state index is 0.367. The quantitative estimate of drug-likeness (QED) is 0.854. The third-order valence-corrected chi connectivity index (χ3v) is 6.10. The summed E-state index contributed by atoms with van der Waals surface area (Å²) in [7, 11) is 0. The summed E-state index contributed by atoms with van der Waals surface area (Å²) >= 11 is 0. The number of hydrogen-bond acceptors (Lipinski definition) is 3. The van der Waals surface area contributed by atoms with E-state index in [4.69, 9.17) is 0 Å². The van der Waals surface area contributed by atoms with E-state index in [1.165, 1.54) is 44.2 Å². The van der Waals surface area contributed by atoms with Gasteiger partial charge in [0.2, 0.25) is 5.91 Å². The van der Waals surface area contributed by atoms with Crippen molar-refractivity contribution in [2.24, 2.45) is 0 Å². The van der Waals surface area contributed by atoms with Crippen LogP contribution < -0.4 is 4.90 Å². The van der Waals surface area contributed by atoms with Crippen LogP contribution in [-0.2, 0) is 4.79 Å². The second-order valence-corrected chi connectivity index (χ2v) is 7.57. The van der Waals surface area contributed by atoms with E-state index in [1.807, 2.05) is 0 Å². The van der Waals surface area contributed by atoms with Gasteiger partial charge >= 0.3 is 0 Å². The van der Waals surface area contributed by atoms with Crippen LogP contribution in [0.25, 0.3) is 0 Å². The van der Waals surface area contributed by atoms with Crippen molar-refractivity contribution in [1.29, 1.82) is 0 Å². The number of rotatable bonds is 3. The van der Waals surface area contributed by atoms with Crippen molar-refractivity contribution in [3.8, 4) is 0 Å². The Morgan fingerprint density at radius 3 is 2.38 bits per heavy atom. The van der Waals surface area contributed by atoms with Crippen molar-refractivity contribution >= 4 is 11.6 Å². The molecule has 4 nitrogen and oxygen atoms in total. The Balaban J connectivity index is 1.33. The van der Waals surface area contributed by atoms with E-state index in [2.05, 4.69) is 45.0 Å². The summed E-state index contributed by atoms with van der Waals surface area (Å²) in [6.45, 7) is 4.77. The van der Waals surface area contributed by atoms with Gasteiger partial charge < -0.3 is 9.80 Å². The molecule has 4 heteroatoms. The molecule has 1 aromatic carbocycles. The minimum Gasteiger partial charge on any atom is -0.370 e. The Kier molecular flexibility index (Phi) is 4.74. The van der Waals surface area contributed by atoms with Crippen LogP contribution in [0.4, 0.5) is 5.69 Å². The number of piperazine rings is 1. The fourth-order valence-corrected chi connectivity index (χ4v) is 4.71. The van der Waals surface area contributed by atoms with E-state index in [9.17, 15) is 4.79 Å². The Labute approximate surface area is 145 Å². The van der Waals surface area contributed by atoms with Gasteiger partial charge in [0, 0.05) is 44.0 Å². The molecule has 2 heterocycles. The lowest BCUT2D eigenvalue weighted by atomic mass is 9.93. The lowest BCUT2D eigenvalue weighted by Crippen LogP contribution is -2.57. The standard InChI is InChI=1S/C20H29N3O/c24-20-16-22(13-14-23(20)18-9-5-2-6-10-18)19-11-12-21(15-19)17-7-3-1-4-8-17/h1,3-4,7-8,18-19H,2,5-6,9-16H2. The maximum Gasteiger partial charge on any atom is 0.237 e. The van der Waals surface area contributed by atoms with E-state index < -0.39 is 0 Å². The maximum absolute atomic E-state index is 12.7. The summed E-state index contributed by atoms with van der Waals surface area (Å²) in [5, 5.41) is 0. The van der Waals surface area contributed by atoms with Gasteiger partial charge in [0.15, 0.2) is 0 Å². The molecule has 1 aromatic rings. The van der Waals surface area contributed by atoms with Crippen LogP contribution in [0.3, 0.4) is 0 Å². The molecular weight excluding hydrogens is 298 g/mol. The number of carbonyl (C=O) groups excluding carboxylic acids is 1. The summed E-state index contributed by atoms with van der Waals surface area (Å²) < 4.78 is 0. The van der Waals surface area contributed by atoms with Gasteiger partial charge in [-0.2, -0.15) is 0 Å². The lowest BCUT2D eigenvalue weighted by molar-refractivity contribution is -0.140. The van der Waals surface area contributed by atoms with Gasteiger partial charge in [-0.25, -0.2) is 0 Å². The van der Waals surface area contributed by atoms with Crippen LogP contribution in [0.15, 0.2) is 30.3 Å². The number of carbonyl (C=O) groups is 1. The third-order valence-electron chi connectivity index (χ3n) is 6.10. The summed E-state index contributed by atoms with van der Waals surface area (Å²) in [6.07, 6.45) is 7.56. The highest BCUT2D eigenvalue weighted by Gasteiger charge is 2.35. The lowest BCUT2D eigenvalue weighted by Gasteiger charge is -2.42. The van der Waals surface area contributed by atoms with Crippen molar-refractivity contribution in [3.63, 3.8) is 0 Å². The van der Waals surface area contributed by atoms with Gasteiger partial charge in [0.25, 0.3) is 0 Å². The molecule has 0 N–H and O–H groups in total. The van der Waals surface area contributed by atoms with Crippen molar-refractivity contribution < 1.29 is 4.79 Å². The number of benzene rings is 1. The summed E-state index contributed by atoms with van der Waals surface area (Å²) in [6, 6.07) is 11.7. The van der Waals surface area contributed by atoms with Gasteiger partial charge in [0.1, 0.15) is 0 Å². The van der Waals surface area contributed by atoms with Crippen molar-refractivity contribution in [2.75, 3.05) is 37.6 Å². The predicted octanol–water partition coefficient (Wildman–Crippen LogP) is 2.74. The van der Waals surface area contributed by atoms with E-state index in [-0.39, 0.29) is 0 Å². The van der Waals surface area contributed by atoms with Gasteiger partial charge in [-0.1, -0.05) is 37.5 Å². The van der Waals surface area contributed by atoms with Gasteiger partial charge in [-0.3, -0.25) is 9.69 Å². The van der Waals surface area contributed by atoms with Gasteiger partial charge in [-0.05, 0) is 31.4 Å². The molecule has 2 aliphatic heterocycles. The Hall–Kier alpha value is -1.55. The highest BCUT2D eigenvalue weighted by Crippen LogP contribution is 2.27. The van der Waals surface area contributed by atoms with Crippen molar-refractivity contribution in [1.82, 2.24) is 9.80 Å². The molecule has 1 atom stereocenters. The number of hydrogen-bond donors (Lipinski definition) is 0. The number of anilines is 1. The number of para-hydroxylation sites is 1. The van der Waals surface area contributed by atoms with Crippen LogP contribution >= 0.6 is 0 Å². The maximum atomic E-state index is 12.7. The smallest absolute Gasteiger partial charge is 0.237 e. The average molecular weight is 327 g/mol. The fourth-order valence-electron chi connectivity index (χ4n) is 4.71. The molecule has 0 aromatic heterocycles. The molecule has 0 spiro atoms. The second kappa shape index (κ2) is 7.14. The van der Waals surface area contributed by atoms with Crippen LogP contribution in [0.5, 0.6) is 0 Å². The number of nitrogens with zero attached hydrogens (tertiary/aromatic N) is 3. The molecular formula is C20H29N3O. The molecule has 0 radical (unpaired) electrons. The first-order valence-corrected chi connectivity index (χ1v) is 9.65. The van der Waals surface area contributed by atoms with Crippen LogP contribution in [0.1, 0.15) is 38.5 Å². The normalized spacial score (nSPS) is 27.0. The largest absolute Gasteiger partial charge is 0.370 e. The fraction of sp³-hybridized carbons (Fsp3) is 0.650. The highest BCUT2D eigenvalue weighted by atomic mass is 16.2. The van der Waals surface area contributed by atoms with E-state index in [0.29, 0.717) is 24.5 Å². The van der Waals surface area contributed by atoms with Crippen molar-refractivity contribution in [2.45, 2.75) is 50.6 Å². The molecule has 1 amide bonds. The molecule has 1 unspecified atom stereocenters. The van der Waals surface area contributed by atoms with Gasteiger partial charge in [-0.15, -0.1) is 0 Å².